The normalized spacial score (nSPS) is 10.4. The van der Waals surface area contributed by atoms with Gasteiger partial charge in [0.15, 0.2) is 0 Å². The summed E-state index contributed by atoms with van der Waals surface area (Å²) in [5.41, 5.74) is 2.62. The number of likely N-dealkylation sites (N-methyl/N-ethyl adjacent to an activating group) is 1. The molecule has 0 spiro atoms. The molecule has 0 bridgehead atoms. The molecule has 0 saturated heterocycles. The van der Waals surface area contributed by atoms with Crippen molar-refractivity contribution in [3.05, 3.63) is 78.2 Å². The topological polar surface area (TPSA) is 84.4 Å². The fourth-order valence-electron chi connectivity index (χ4n) is 2.69. The first-order chi connectivity index (χ1) is 14.1. The van der Waals surface area contributed by atoms with Crippen molar-refractivity contribution >= 4 is 17.5 Å². The zero-order chi connectivity index (χ0) is 20.6. The number of nitrogens with one attached hydrogen (secondary N) is 1. The summed E-state index contributed by atoms with van der Waals surface area (Å²) < 4.78 is 5.02. The van der Waals surface area contributed by atoms with Crippen LogP contribution in [-0.2, 0) is 4.74 Å². The Hall–Kier alpha value is -3.58. The van der Waals surface area contributed by atoms with Crippen LogP contribution >= 0.6 is 0 Å². The monoisotopic (exact) mass is 390 g/mol. The van der Waals surface area contributed by atoms with E-state index >= 15 is 0 Å². The van der Waals surface area contributed by atoms with Crippen LogP contribution in [0.2, 0.25) is 0 Å². The summed E-state index contributed by atoms with van der Waals surface area (Å²) >= 11 is 0. The molecule has 0 aliphatic rings. The van der Waals surface area contributed by atoms with Crippen molar-refractivity contribution in [2.45, 2.75) is 0 Å². The summed E-state index contributed by atoms with van der Waals surface area (Å²) in [6.45, 7) is 0.959. The summed E-state index contributed by atoms with van der Waals surface area (Å²) in [5, 5.41) is 2.79. The minimum absolute atomic E-state index is 0.116. The van der Waals surface area contributed by atoms with Crippen LogP contribution in [0.25, 0.3) is 11.3 Å². The Morgan fingerprint density at radius 2 is 1.86 bits per heavy atom. The number of ether oxygens (including phenoxy) is 1. The van der Waals surface area contributed by atoms with Crippen LogP contribution in [0.5, 0.6) is 0 Å². The number of para-hydroxylation sites is 1. The van der Waals surface area contributed by atoms with Crippen molar-refractivity contribution in [3.63, 3.8) is 0 Å². The molecule has 0 aliphatic carbocycles. The average molecular weight is 390 g/mol. The number of methoxy groups -OCH3 is 1. The first-order valence-corrected chi connectivity index (χ1v) is 9.12. The smallest absolute Gasteiger partial charge is 0.275 e. The van der Waals surface area contributed by atoms with Crippen LogP contribution in [0.3, 0.4) is 0 Å². The van der Waals surface area contributed by atoms with Gasteiger partial charge in [0.1, 0.15) is 5.69 Å². The van der Waals surface area contributed by atoms with Gasteiger partial charge in [-0.2, -0.15) is 0 Å². The van der Waals surface area contributed by atoms with Crippen LogP contribution in [0.1, 0.15) is 20.8 Å². The minimum atomic E-state index is -0.350. The number of hydrogen-bond donors (Lipinski definition) is 1. The molecule has 0 saturated carbocycles. The van der Waals surface area contributed by atoms with Crippen LogP contribution in [0.15, 0.2) is 67.0 Å². The fourth-order valence-corrected chi connectivity index (χ4v) is 2.69. The number of nitrogens with zero attached hydrogens (tertiary/aromatic N) is 3. The van der Waals surface area contributed by atoms with E-state index in [4.69, 9.17) is 4.74 Å². The number of aromatic nitrogens is 2. The molecule has 1 heterocycles. The van der Waals surface area contributed by atoms with E-state index in [0.29, 0.717) is 35.7 Å². The summed E-state index contributed by atoms with van der Waals surface area (Å²) in [5.74, 6) is -0.466. The number of benzene rings is 2. The molecule has 0 atom stereocenters. The van der Waals surface area contributed by atoms with Crippen molar-refractivity contribution in [1.82, 2.24) is 14.9 Å². The van der Waals surface area contributed by atoms with Crippen LogP contribution < -0.4 is 5.32 Å². The SMILES string of the molecule is COCCN(C)C(=O)c1cccc(-c2cncc(C(=O)Nc3ccccc3)n2)c1. The molecule has 29 heavy (non-hydrogen) atoms. The Balaban J connectivity index is 1.80. The van der Waals surface area contributed by atoms with E-state index in [1.165, 1.54) is 6.20 Å². The van der Waals surface area contributed by atoms with Crippen molar-refractivity contribution in [1.29, 1.82) is 0 Å². The van der Waals surface area contributed by atoms with Gasteiger partial charge in [0, 0.05) is 37.5 Å². The lowest BCUT2D eigenvalue weighted by Crippen LogP contribution is -2.29. The molecule has 1 aromatic heterocycles. The Kier molecular flexibility index (Phi) is 6.65. The van der Waals surface area contributed by atoms with Gasteiger partial charge in [-0.25, -0.2) is 4.98 Å². The maximum Gasteiger partial charge on any atom is 0.275 e. The molecule has 0 radical (unpaired) electrons. The molecule has 0 fully saturated rings. The maximum absolute atomic E-state index is 12.6. The molecule has 7 heteroatoms. The molecule has 0 aliphatic heterocycles. The van der Waals surface area contributed by atoms with Gasteiger partial charge >= 0.3 is 0 Å². The number of carbonyl (C=O) groups excluding carboxylic acids is 2. The van der Waals surface area contributed by atoms with Crippen molar-refractivity contribution < 1.29 is 14.3 Å². The van der Waals surface area contributed by atoms with Gasteiger partial charge in [-0.1, -0.05) is 30.3 Å². The van der Waals surface area contributed by atoms with Crippen LogP contribution in [0.4, 0.5) is 5.69 Å². The largest absolute Gasteiger partial charge is 0.383 e. The molecule has 3 aromatic rings. The second-order valence-electron chi connectivity index (χ2n) is 6.41. The maximum atomic E-state index is 12.6. The Bertz CT molecular complexity index is 992. The highest BCUT2D eigenvalue weighted by molar-refractivity contribution is 6.03. The molecule has 1 N–H and O–H groups in total. The van der Waals surface area contributed by atoms with E-state index in [9.17, 15) is 9.59 Å². The third kappa shape index (κ3) is 5.24. The lowest BCUT2D eigenvalue weighted by atomic mass is 10.1. The van der Waals surface area contributed by atoms with Gasteiger partial charge in [-0.05, 0) is 24.3 Å². The second-order valence-corrected chi connectivity index (χ2v) is 6.41. The minimum Gasteiger partial charge on any atom is -0.383 e. The van der Waals surface area contributed by atoms with Gasteiger partial charge in [0.05, 0.1) is 24.7 Å². The zero-order valence-electron chi connectivity index (χ0n) is 16.3. The number of anilines is 1. The first kappa shape index (κ1) is 20.2. The Morgan fingerprint density at radius 3 is 2.62 bits per heavy atom. The third-order valence-corrected chi connectivity index (χ3v) is 4.28. The third-order valence-electron chi connectivity index (χ3n) is 4.28. The summed E-state index contributed by atoms with van der Waals surface area (Å²) in [6.07, 6.45) is 2.98. The van der Waals surface area contributed by atoms with E-state index in [1.54, 1.807) is 55.6 Å². The number of hydrogen-bond acceptors (Lipinski definition) is 5. The zero-order valence-corrected chi connectivity index (χ0v) is 16.3. The van der Waals surface area contributed by atoms with Gasteiger partial charge in [-0.3, -0.25) is 14.6 Å². The Labute approximate surface area is 169 Å². The predicted octanol–water partition coefficient (Wildman–Crippen LogP) is 3.11. The number of rotatable bonds is 7. The highest BCUT2D eigenvalue weighted by Gasteiger charge is 2.14. The van der Waals surface area contributed by atoms with E-state index < -0.39 is 0 Å². The standard InChI is InChI=1S/C22H22N4O3/c1-26(11-12-29-2)22(28)17-8-6-7-16(13-17)19-14-23-15-20(25-19)21(27)24-18-9-4-3-5-10-18/h3-10,13-15H,11-12H2,1-2H3,(H,24,27). The molecule has 3 rings (SSSR count). The summed E-state index contributed by atoms with van der Waals surface area (Å²) in [6, 6.07) is 16.2. The molecule has 148 valence electrons. The molecule has 0 unspecified atom stereocenters. The summed E-state index contributed by atoms with van der Waals surface area (Å²) in [4.78, 5) is 35.2. The van der Waals surface area contributed by atoms with E-state index in [0.717, 1.165) is 0 Å². The highest BCUT2D eigenvalue weighted by atomic mass is 16.5. The quantitative estimate of drug-likeness (QED) is 0.670. The van der Waals surface area contributed by atoms with Crippen molar-refractivity contribution in [2.24, 2.45) is 0 Å². The van der Waals surface area contributed by atoms with Gasteiger partial charge < -0.3 is 15.0 Å². The lowest BCUT2D eigenvalue weighted by molar-refractivity contribution is 0.0744. The molecule has 7 nitrogen and oxygen atoms in total. The predicted molar refractivity (Wildman–Crippen MR) is 111 cm³/mol. The van der Waals surface area contributed by atoms with Crippen LogP contribution in [0, 0.1) is 0 Å². The highest BCUT2D eigenvalue weighted by Crippen LogP contribution is 2.19. The van der Waals surface area contributed by atoms with E-state index in [-0.39, 0.29) is 17.5 Å². The average Bonchev–Trinajstić information content (AvgIpc) is 2.77. The van der Waals surface area contributed by atoms with Gasteiger partial charge in [0.25, 0.3) is 11.8 Å². The molecular weight excluding hydrogens is 368 g/mol. The van der Waals surface area contributed by atoms with E-state index in [1.807, 2.05) is 24.3 Å². The molecule has 2 amide bonds. The number of amides is 2. The second kappa shape index (κ2) is 9.57. The van der Waals surface area contributed by atoms with Crippen LogP contribution in [-0.4, -0.2) is 54.0 Å². The van der Waals surface area contributed by atoms with Gasteiger partial charge in [-0.15, -0.1) is 0 Å². The first-order valence-electron chi connectivity index (χ1n) is 9.12. The lowest BCUT2D eigenvalue weighted by Gasteiger charge is -2.17. The molecule has 2 aromatic carbocycles. The molecular formula is C22H22N4O3. The van der Waals surface area contributed by atoms with Crippen molar-refractivity contribution in [3.8, 4) is 11.3 Å². The summed E-state index contributed by atoms with van der Waals surface area (Å²) in [7, 11) is 3.32. The van der Waals surface area contributed by atoms with Crippen molar-refractivity contribution in [2.75, 3.05) is 32.6 Å². The van der Waals surface area contributed by atoms with E-state index in [2.05, 4.69) is 15.3 Å². The Morgan fingerprint density at radius 1 is 1.07 bits per heavy atom. The van der Waals surface area contributed by atoms with Gasteiger partial charge in [0.2, 0.25) is 0 Å². The number of carbonyl (C=O) groups is 2. The fraction of sp³-hybridized carbons (Fsp3) is 0.182.